The molecule has 0 aromatic rings. The smallest absolute Gasteiger partial charge is 0.250 e. The average molecular weight is 321 g/mol. The van der Waals surface area contributed by atoms with E-state index in [4.69, 9.17) is 14.0 Å². The normalized spacial score (nSPS) is 10.9. The molecule has 21 heavy (non-hydrogen) atoms. The third-order valence-corrected chi connectivity index (χ3v) is 3.94. The maximum absolute atomic E-state index is 8.48. The van der Waals surface area contributed by atoms with Crippen molar-refractivity contribution < 1.29 is 18.5 Å². The standard InChI is InChI=1S/C16H36N.HO3P/c1-5-9-13-17(14-10-6-2,15-11-7-3)16-12-8-4;1-4(2)3/h5-16H2,1-4H3;(H,1,2,3)/q+1;/p-1. The molecule has 0 rings (SSSR count). The Morgan fingerprint density at radius 1 is 0.667 bits per heavy atom. The molecule has 5 heteroatoms. The van der Waals surface area contributed by atoms with Gasteiger partial charge in [0.15, 0.2) is 0 Å². The highest BCUT2D eigenvalue weighted by Crippen LogP contribution is 2.16. The van der Waals surface area contributed by atoms with Crippen molar-refractivity contribution in [3.63, 3.8) is 0 Å². The van der Waals surface area contributed by atoms with Gasteiger partial charge < -0.3 is 9.38 Å². The third kappa shape index (κ3) is 16.0. The Kier molecular flexibility index (Phi) is 17.8. The van der Waals surface area contributed by atoms with Gasteiger partial charge in [-0.25, -0.2) is 0 Å². The van der Waals surface area contributed by atoms with Crippen molar-refractivity contribution in [3.05, 3.63) is 0 Å². The zero-order valence-corrected chi connectivity index (χ0v) is 15.5. The molecule has 0 aliphatic carbocycles. The zero-order valence-electron chi connectivity index (χ0n) is 14.6. The van der Waals surface area contributed by atoms with E-state index in [2.05, 4.69) is 27.7 Å². The SMILES string of the molecule is CCCC[N+](CCCC)(CCCC)CCCC.O=P(=O)[O-]. The lowest BCUT2D eigenvalue weighted by atomic mass is 10.1. The molecule has 0 saturated carbocycles. The molecule has 0 aromatic carbocycles. The minimum absolute atomic E-state index is 1.35. The van der Waals surface area contributed by atoms with Gasteiger partial charge in [-0.05, 0) is 25.7 Å². The van der Waals surface area contributed by atoms with E-state index in [1.807, 2.05) is 0 Å². The van der Waals surface area contributed by atoms with Crippen molar-refractivity contribution in [1.82, 2.24) is 0 Å². The summed E-state index contributed by atoms with van der Waals surface area (Å²) in [5.41, 5.74) is 0. The summed E-state index contributed by atoms with van der Waals surface area (Å²) < 4.78 is 18.4. The summed E-state index contributed by atoms with van der Waals surface area (Å²) in [5.74, 6) is 0. The van der Waals surface area contributed by atoms with Crippen molar-refractivity contribution in [2.45, 2.75) is 79.1 Å². The quantitative estimate of drug-likeness (QED) is 0.394. The lowest BCUT2D eigenvalue weighted by molar-refractivity contribution is -0.929. The van der Waals surface area contributed by atoms with E-state index < -0.39 is 7.91 Å². The highest BCUT2D eigenvalue weighted by Gasteiger charge is 2.24. The van der Waals surface area contributed by atoms with Crippen LogP contribution in [-0.2, 0) is 9.13 Å². The summed E-state index contributed by atoms with van der Waals surface area (Å²) >= 11 is 0. The molecule has 0 amide bonds. The van der Waals surface area contributed by atoms with Crippen LogP contribution in [0.15, 0.2) is 0 Å². The van der Waals surface area contributed by atoms with E-state index in [1.54, 1.807) is 0 Å². The predicted molar refractivity (Wildman–Crippen MR) is 87.7 cm³/mol. The first-order valence-corrected chi connectivity index (χ1v) is 9.74. The second-order valence-electron chi connectivity index (χ2n) is 5.87. The molecule has 128 valence electrons. The van der Waals surface area contributed by atoms with E-state index in [0.717, 1.165) is 0 Å². The average Bonchev–Trinajstić information content (AvgIpc) is 2.45. The molecule has 0 aromatic heterocycles. The highest BCUT2D eigenvalue weighted by atomic mass is 31.1. The number of rotatable bonds is 12. The first-order valence-electron chi connectivity index (χ1n) is 8.64. The predicted octanol–water partition coefficient (Wildman–Crippen LogP) is 4.44. The van der Waals surface area contributed by atoms with Crippen LogP contribution in [0.3, 0.4) is 0 Å². The number of hydrogen-bond donors (Lipinski definition) is 0. The number of hydrogen-bond acceptors (Lipinski definition) is 3. The molecule has 0 aliphatic rings. The second kappa shape index (κ2) is 16.2. The Balaban J connectivity index is 0. The summed E-state index contributed by atoms with van der Waals surface area (Å²) in [6.45, 7) is 15.0. The molecule has 0 spiro atoms. The van der Waals surface area contributed by atoms with E-state index in [-0.39, 0.29) is 0 Å². The second-order valence-corrected chi connectivity index (χ2v) is 6.32. The Morgan fingerprint density at radius 3 is 1.00 bits per heavy atom. The van der Waals surface area contributed by atoms with Gasteiger partial charge in [-0.15, -0.1) is 0 Å². The van der Waals surface area contributed by atoms with E-state index in [0.29, 0.717) is 0 Å². The summed E-state index contributed by atoms with van der Waals surface area (Å²) in [4.78, 5) is 8.48. The molecule has 0 atom stereocenters. The molecular formula is C16H36NO3P. The van der Waals surface area contributed by atoms with Crippen LogP contribution in [0, 0.1) is 0 Å². The maximum atomic E-state index is 8.48. The van der Waals surface area contributed by atoms with Crippen molar-refractivity contribution in [2.75, 3.05) is 26.2 Å². The van der Waals surface area contributed by atoms with Crippen LogP contribution in [0.2, 0.25) is 0 Å². The molecule has 0 N–H and O–H groups in total. The van der Waals surface area contributed by atoms with Crippen LogP contribution in [0.25, 0.3) is 0 Å². The van der Waals surface area contributed by atoms with Crippen molar-refractivity contribution in [1.29, 1.82) is 0 Å². The van der Waals surface area contributed by atoms with Gasteiger partial charge >= 0.3 is 0 Å². The fourth-order valence-electron chi connectivity index (χ4n) is 2.64. The maximum Gasteiger partial charge on any atom is 0.250 e. The largest absolute Gasteiger partial charge is 0.744 e. The van der Waals surface area contributed by atoms with E-state index in [1.165, 1.54) is 82.0 Å². The number of unbranched alkanes of at least 4 members (excludes halogenated alkanes) is 4. The lowest BCUT2D eigenvalue weighted by Crippen LogP contribution is -2.50. The van der Waals surface area contributed by atoms with E-state index in [9.17, 15) is 0 Å². The number of nitrogens with zero attached hydrogens (tertiary/aromatic N) is 1. The van der Waals surface area contributed by atoms with Crippen molar-refractivity contribution >= 4 is 7.91 Å². The first-order chi connectivity index (χ1) is 9.97. The Morgan fingerprint density at radius 2 is 0.857 bits per heavy atom. The fourth-order valence-corrected chi connectivity index (χ4v) is 2.64. The minimum Gasteiger partial charge on any atom is -0.744 e. The van der Waals surface area contributed by atoms with Crippen LogP contribution >= 0.6 is 7.91 Å². The molecule has 0 saturated heterocycles. The zero-order chi connectivity index (χ0) is 16.6. The fraction of sp³-hybridized carbons (Fsp3) is 1.00. The van der Waals surface area contributed by atoms with Gasteiger partial charge in [-0.2, -0.15) is 0 Å². The molecule has 0 bridgehead atoms. The molecule has 0 aliphatic heterocycles. The molecular weight excluding hydrogens is 285 g/mol. The van der Waals surface area contributed by atoms with E-state index >= 15 is 0 Å². The van der Waals surface area contributed by atoms with Crippen LogP contribution in [0.1, 0.15) is 79.1 Å². The molecule has 0 fully saturated rings. The van der Waals surface area contributed by atoms with Gasteiger partial charge in [-0.1, -0.05) is 53.4 Å². The Hall–Kier alpha value is -0.180. The lowest BCUT2D eigenvalue weighted by Gasteiger charge is -2.39. The Labute approximate surface area is 132 Å². The monoisotopic (exact) mass is 321 g/mol. The molecule has 0 unspecified atom stereocenters. The third-order valence-electron chi connectivity index (χ3n) is 3.94. The van der Waals surface area contributed by atoms with Crippen molar-refractivity contribution in [2.24, 2.45) is 0 Å². The van der Waals surface area contributed by atoms with Crippen molar-refractivity contribution in [3.8, 4) is 0 Å². The van der Waals surface area contributed by atoms with Gasteiger partial charge in [0, 0.05) is 0 Å². The summed E-state index contributed by atoms with van der Waals surface area (Å²) in [6, 6.07) is 0. The van der Waals surface area contributed by atoms with Crippen LogP contribution in [-0.4, -0.2) is 30.7 Å². The highest BCUT2D eigenvalue weighted by molar-refractivity contribution is 7.21. The van der Waals surface area contributed by atoms with Gasteiger partial charge in [0.1, 0.15) is 0 Å². The van der Waals surface area contributed by atoms with Gasteiger partial charge in [0.2, 0.25) is 7.91 Å². The first kappa shape index (κ1) is 23.1. The van der Waals surface area contributed by atoms with Crippen LogP contribution in [0.5, 0.6) is 0 Å². The Bertz CT molecular complexity index is 235. The topological polar surface area (TPSA) is 57.2 Å². The molecule has 0 radical (unpaired) electrons. The van der Waals surface area contributed by atoms with Crippen LogP contribution < -0.4 is 4.89 Å². The van der Waals surface area contributed by atoms with Gasteiger partial charge in [-0.3, -0.25) is 9.13 Å². The summed E-state index contributed by atoms with van der Waals surface area (Å²) in [7, 11) is -3.37. The van der Waals surface area contributed by atoms with Gasteiger partial charge in [0.05, 0.1) is 26.2 Å². The summed E-state index contributed by atoms with van der Waals surface area (Å²) in [6.07, 6.45) is 11.1. The van der Waals surface area contributed by atoms with Gasteiger partial charge in [0.25, 0.3) is 0 Å². The minimum atomic E-state index is -3.37. The number of quaternary nitrogens is 1. The molecule has 0 heterocycles. The van der Waals surface area contributed by atoms with Crippen LogP contribution in [0.4, 0.5) is 0 Å². The molecule has 4 nitrogen and oxygen atoms in total. The summed E-state index contributed by atoms with van der Waals surface area (Å²) in [5, 5.41) is 0.